The van der Waals surface area contributed by atoms with Crippen molar-refractivity contribution in [3.05, 3.63) is 66.2 Å². The van der Waals surface area contributed by atoms with Gasteiger partial charge in [0.15, 0.2) is 0 Å². The number of cyclic esters (lactones) is 1. The van der Waals surface area contributed by atoms with Gasteiger partial charge >= 0.3 is 19.7 Å². The Hall–Kier alpha value is -2.83. The normalized spacial score (nSPS) is 19.1. The lowest BCUT2D eigenvalue weighted by molar-refractivity contribution is -0.149. The zero-order valence-corrected chi connectivity index (χ0v) is 18.0. The maximum atomic E-state index is 14.1. The van der Waals surface area contributed by atoms with Crippen LogP contribution in [0.1, 0.15) is 32.4 Å². The fourth-order valence-corrected chi connectivity index (χ4v) is 5.11. The number of nitrogens with zero attached hydrogens (tertiary/aromatic N) is 1. The van der Waals surface area contributed by atoms with Crippen molar-refractivity contribution in [2.45, 2.75) is 39.0 Å². The van der Waals surface area contributed by atoms with Crippen molar-refractivity contribution < 1.29 is 28.2 Å². The SMILES string of the molecule is CC(C)OC(=O)C(C)NP(=O)(Oc1ccccc1)N1C(=O)OC[C@@H]1c1ccccc1. The summed E-state index contributed by atoms with van der Waals surface area (Å²) < 4.78 is 31.3. The molecule has 1 fully saturated rings. The zero-order valence-electron chi connectivity index (χ0n) is 17.1. The Labute approximate surface area is 175 Å². The Balaban J connectivity index is 1.96. The van der Waals surface area contributed by atoms with Gasteiger partial charge < -0.3 is 14.0 Å². The summed E-state index contributed by atoms with van der Waals surface area (Å²) in [6, 6.07) is 15.9. The molecule has 3 atom stereocenters. The van der Waals surface area contributed by atoms with Crippen LogP contribution in [0, 0.1) is 0 Å². The molecule has 0 saturated carbocycles. The number of benzene rings is 2. The lowest BCUT2D eigenvalue weighted by atomic mass is 10.1. The third-order valence-corrected chi connectivity index (χ3v) is 6.53. The average molecular weight is 432 g/mol. The van der Waals surface area contributed by atoms with Crippen LogP contribution >= 0.6 is 7.67 Å². The second-order valence-corrected chi connectivity index (χ2v) is 9.02. The molecule has 1 N–H and O–H groups in total. The second kappa shape index (κ2) is 9.32. The predicted molar refractivity (Wildman–Crippen MR) is 111 cm³/mol. The molecule has 2 unspecified atom stereocenters. The monoisotopic (exact) mass is 432 g/mol. The topological polar surface area (TPSA) is 94.2 Å². The van der Waals surface area contributed by atoms with Crippen LogP contribution in [-0.2, 0) is 18.8 Å². The Morgan fingerprint density at radius 1 is 1.10 bits per heavy atom. The number of esters is 1. The molecule has 160 valence electrons. The number of hydrogen-bond donors (Lipinski definition) is 1. The predicted octanol–water partition coefficient (Wildman–Crippen LogP) is 4.30. The van der Waals surface area contributed by atoms with E-state index < -0.39 is 31.8 Å². The molecule has 30 heavy (non-hydrogen) atoms. The molecule has 1 saturated heterocycles. The molecule has 2 aromatic rings. The third kappa shape index (κ3) is 5.01. The van der Waals surface area contributed by atoms with E-state index in [0.717, 1.165) is 10.2 Å². The van der Waals surface area contributed by atoms with Gasteiger partial charge in [-0.25, -0.2) is 19.1 Å². The van der Waals surface area contributed by atoms with Gasteiger partial charge in [-0.05, 0) is 38.5 Å². The first kappa shape index (κ1) is 21.9. The van der Waals surface area contributed by atoms with Crippen molar-refractivity contribution >= 4 is 19.7 Å². The van der Waals surface area contributed by atoms with Gasteiger partial charge in [0.1, 0.15) is 24.4 Å². The van der Waals surface area contributed by atoms with Crippen molar-refractivity contribution in [3.63, 3.8) is 0 Å². The van der Waals surface area contributed by atoms with Gasteiger partial charge in [-0.1, -0.05) is 48.5 Å². The average Bonchev–Trinajstić information content (AvgIpc) is 3.11. The lowest BCUT2D eigenvalue weighted by Crippen LogP contribution is -2.41. The maximum Gasteiger partial charge on any atom is 0.426 e. The van der Waals surface area contributed by atoms with Crippen molar-refractivity contribution in [1.29, 1.82) is 0 Å². The highest BCUT2D eigenvalue weighted by Crippen LogP contribution is 2.54. The highest BCUT2D eigenvalue weighted by Gasteiger charge is 2.49. The van der Waals surface area contributed by atoms with E-state index in [9.17, 15) is 14.2 Å². The van der Waals surface area contributed by atoms with Crippen molar-refractivity contribution in [2.24, 2.45) is 0 Å². The minimum atomic E-state index is -4.11. The number of para-hydroxylation sites is 1. The fraction of sp³-hybridized carbons (Fsp3) is 0.333. The summed E-state index contributed by atoms with van der Waals surface area (Å²) in [7, 11) is -4.11. The van der Waals surface area contributed by atoms with E-state index in [0.29, 0.717) is 0 Å². The van der Waals surface area contributed by atoms with Crippen molar-refractivity contribution in [3.8, 4) is 5.75 Å². The van der Waals surface area contributed by atoms with E-state index in [1.165, 1.54) is 6.92 Å². The number of rotatable bonds is 8. The summed E-state index contributed by atoms with van der Waals surface area (Å²) in [5.41, 5.74) is 0.736. The van der Waals surface area contributed by atoms with Gasteiger partial charge in [-0.3, -0.25) is 4.79 Å². The first-order valence-corrected chi connectivity index (χ1v) is 11.2. The Kier molecular flexibility index (Phi) is 6.80. The van der Waals surface area contributed by atoms with Crippen LogP contribution in [-0.4, -0.2) is 35.5 Å². The van der Waals surface area contributed by atoms with E-state index in [1.54, 1.807) is 44.2 Å². The molecule has 0 aliphatic carbocycles. The van der Waals surface area contributed by atoms with Crippen LogP contribution in [0.2, 0.25) is 0 Å². The molecule has 1 amide bonds. The number of carbonyl (C=O) groups is 2. The van der Waals surface area contributed by atoms with E-state index in [-0.39, 0.29) is 18.5 Å². The molecule has 3 rings (SSSR count). The molecule has 0 spiro atoms. The molecule has 1 aliphatic rings. The van der Waals surface area contributed by atoms with Gasteiger partial charge in [0.2, 0.25) is 0 Å². The molecule has 1 heterocycles. The zero-order chi connectivity index (χ0) is 21.7. The summed E-state index contributed by atoms with van der Waals surface area (Å²) in [5.74, 6) is -0.324. The maximum absolute atomic E-state index is 14.1. The van der Waals surface area contributed by atoms with E-state index in [1.807, 2.05) is 30.3 Å². The number of carbonyl (C=O) groups excluding carboxylic acids is 2. The van der Waals surface area contributed by atoms with Crippen molar-refractivity contribution in [1.82, 2.24) is 9.76 Å². The summed E-state index contributed by atoms with van der Waals surface area (Å²) in [6.45, 7) is 4.95. The molecular weight excluding hydrogens is 407 g/mol. The van der Waals surface area contributed by atoms with E-state index >= 15 is 0 Å². The molecule has 9 heteroatoms. The lowest BCUT2D eigenvalue weighted by Gasteiger charge is -2.32. The van der Waals surface area contributed by atoms with Gasteiger partial charge in [-0.15, -0.1) is 0 Å². The van der Waals surface area contributed by atoms with E-state index in [4.69, 9.17) is 14.0 Å². The molecular formula is C21H25N2O6P. The number of ether oxygens (including phenoxy) is 2. The Morgan fingerprint density at radius 2 is 1.70 bits per heavy atom. The highest BCUT2D eigenvalue weighted by molar-refractivity contribution is 7.55. The smallest absolute Gasteiger partial charge is 0.426 e. The molecule has 0 radical (unpaired) electrons. The van der Waals surface area contributed by atoms with Crippen LogP contribution in [0.3, 0.4) is 0 Å². The fourth-order valence-electron chi connectivity index (χ4n) is 3.01. The Bertz CT molecular complexity index is 922. The standard InChI is InChI=1S/C21H25N2O6P/c1-15(2)28-20(24)16(3)22-30(26,29-18-12-8-5-9-13-18)23-19(14-27-21(23)25)17-10-6-4-7-11-17/h4-13,15-16,19H,14H2,1-3H3,(H,22,26)/t16?,19-,30?/m1/s1. The minimum absolute atomic E-state index is 0.0114. The minimum Gasteiger partial charge on any atom is -0.462 e. The third-order valence-electron chi connectivity index (χ3n) is 4.35. The molecule has 1 aliphatic heterocycles. The quantitative estimate of drug-likeness (QED) is 0.491. The summed E-state index contributed by atoms with van der Waals surface area (Å²) in [5, 5.41) is 2.70. The largest absolute Gasteiger partial charge is 0.462 e. The molecule has 0 aromatic heterocycles. The Morgan fingerprint density at radius 3 is 2.30 bits per heavy atom. The highest BCUT2D eigenvalue weighted by atomic mass is 31.2. The van der Waals surface area contributed by atoms with Gasteiger partial charge in [0.05, 0.1) is 6.10 Å². The number of nitrogens with one attached hydrogen (secondary N) is 1. The number of hydrogen-bond acceptors (Lipinski definition) is 6. The molecule has 2 aromatic carbocycles. The molecule has 8 nitrogen and oxygen atoms in total. The van der Waals surface area contributed by atoms with Crippen LogP contribution in [0.15, 0.2) is 60.7 Å². The second-order valence-electron chi connectivity index (χ2n) is 7.11. The van der Waals surface area contributed by atoms with Crippen LogP contribution in [0.25, 0.3) is 0 Å². The summed E-state index contributed by atoms with van der Waals surface area (Å²) in [6.07, 6.45) is -1.13. The van der Waals surface area contributed by atoms with Gasteiger partial charge in [0, 0.05) is 0 Å². The first-order chi connectivity index (χ1) is 14.3. The van der Waals surface area contributed by atoms with Gasteiger partial charge in [0.25, 0.3) is 0 Å². The van der Waals surface area contributed by atoms with Crippen LogP contribution in [0.5, 0.6) is 5.75 Å². The van der Waals surface area contributed by atoms with Crippen LogP contribution < -0.4 is 9.61 Å². The summed E-state index contributed by atoms with van der Waals surface area (Å²) in [4.78, 5) is 25.0. The van der Waals surface area contributed by atoms with Gasteiger partial charge in [-0.2, -0.15) is 0 Å². The van der Waals surface area contributed by atoms with Crippen LogP contribution in [0.4, 0.5) is 4.79 Å². The molecule has 0 bridgehead atoms. The first-order valence-electron chi connectivity index (χ1n) is 9.64. The number of amides is 1. The van der Waals surface area contributed by atoms with Crippen molar-refractivity contribution in [2.75, 3.05) is 6.61 Å². The summed E-state index contributed by atoms with van der Waals surface area (Å²) >= 11 is 0. The van der Waals surface area contributed by atoms with E-state index in [2.05, 4.69) is 5.09 Å².